The standard InChI is InChI=1S/C12H9IN2O5S/c13-21(18,19)14-11-7-6-9(15(16)17)8-12(11)20-10-4-2-1-3-5-10/h1-8,14H. The number of non-ortho nitro benzene ring substituents is 1. The van der Waals surface area contributed by atoms with Gasteiger partial charge in [0.2, 0.25) is 0 Å². The summed E-state index contributed by atoms with van der Waals surface area (Å²) < 4.78 is 30.4. The minimum atomic E-state index is -3.55. The van der Waals surface area contributed by atoms with E-state index in [-0.39, 0.29) is 17.1 Å². The van der Waals surface area contributed by atoms with Crippen molar-refractivity contribution in [2.24, 2.45) is 0 Å². The normalized spacial score (nSPS) is 10.9. The Bertz CT molecular complexity index is 764. The molecule has 0 amide bonds. The van der Waals surface area contributed by atoms with Crippen LogP contribution < -0.4 is 9.46 Å². The van der Waals surface area contributed by atoms with Gasteiger partial charge in [-0.2, -0.15) is 8.42 Å². The van der Waals surface area contributed by atoms with Crippen molar-refractivity contribution < 1.29 is 18.1 Å². The lowest BCUT2D eigenvalue weighted by atomic mass is 10.2. The molecule has 0 heterocycles. The van der Waals surface area contributed by atoms with E-state index in [0.29, 0.717) is 5.75 Å². The number of nitro benzene ring substituents is 1. The van der Waals surface area contributed by atoms with Crippen LogP contribution in [0.3, 0.4) is 0 Å². The van der Waals surface area contributed by atoms with Crippen LogP contribution in [0.2, 0.25) is 0 Å². The van der Waals surface area contributed by atoms with Gasteiger partial charge in [-0.05, 0) is 18.2 Å². The lowest BCUT2D eigenvalue weighted by Gasteiger charge is -2.11. The number of nitrogens with zero attached hydrogens (tertiary/aromatic N) is 1. The van der Waals surface area contributed by atoms with Gasteiger partial charge in [-0.15, -0.1) is 0 Å². The number of nitrogens with one attached hydrogen (secondary N) is 1. The van der Waals surface area contributed by atoms with Crippen LogP contribution in [-0.4, -0.2) is 13.3 Å². The van der Waals surface area contributed by atoms with E-state index in [2.05, 4.69) is 4.72 Å². The maximum absolute atomic E-state index is 11.3. The first-order valence-corrected chi connectivity index (χ1v) is 9.61. The Morgan fingerprint density at radius 2 is 1.81 bits per heavy atom. The summed E-state index contributed by atoms with van der Waals surface area (Å²) in [5.41, 5.74) is -0.0730. The molecule has 1 N–H and O–H groups in total. The first kappa shape index (κ1) is 15.5. The number of anilines is 1. The number of benzene rings is 2. The van der Waals surface area contributed by atoms with Gasteiger partial charge in [0.1, 0.15) is 5.75 Å². The SMILES string of the molecule is O=[N+]([O-])c1ccc(NS(=O)(=O)I)c(Oc2ccccc2)c1. The van der Waals surface area contributed by atoms with Crippen molar-refractivity contribution in [3.05, 3.63) is 58.6 Å². The maximum atomic E-state index is 11.3. The molecule has 0 atom stereocenters. The molecule has 0 fully saturated rings. The molecule has 21 heavy (non-hydrogen) atoms. The Balaban J connectivity index is 2.43. The highest BCUT2D eigenvalue weighted by Gasteiger charge is 2.15. The molecule has 0 aromatic heterocycles. The van der Waals surface area contributed by atoms with Crippen LogP contribution in [0.1, 0.15) is 0 Å². The molecular weight excluding hydrogens is 411 g/mol. The van der Waals surface area contributed by atoms with Crippen LogP contribution >= 0.6 is 21.2 Å². The smallest absolute Gasteiger partial charge is 0.286 e. The van der Waals surface area contributed by atoms with E-state index in [1.54, 1.807) is 30.3 Å². The number of hydrogen-bond donors (Lipinski definition) is 1. The maximum Gasteiger partial charge on any atom is 0.286 e. The van der Waals surface area contributed by atoms with Crippen molar-refractivity contribution in [1.29, 1.82) is 0 Å². The summed E-state index contributed by atoms with van der Waals surface area (Å²) in [5.74, 6) is 0.488. The lowest BCUT2D eigenvalue weighted by Crippen LogP contribution is -2.05. The highest BCUT2D eigenvalue weighted by Crippen LogP contribution is 2.34. The predicted octanol–water partition coefficient (Wildman–Crippen LogP) is 3.48. The van der Waals surface area contributed by atoms with E-state index >= 15 is 0 Å². The third-order valence-electron chi connectivity index (χ3n) is 2.38. The average Bonchev–Trinajstić information content (AvgIpc) is 2.40. The quantitative estimate of drug-likeness (QED) is 0.346. The number of halogens is 1. The molecule has 2 aromatic carbocycles. The van der Waals surface area contributed by atoms with Crippen molar-refractivity contribution in [1.82, 2.24) is 0 Å². The minimum absolute atomic E-state index is 0.0515. The van der Waals surface area contributed by atoms with Crippen molar-refractivity contribution in [3.8, 4) is 11.5 Å². The van der Waals surface area contributed by atoms with Gasteiger partial charge in [0.05, 0.1) is 37.9 Å². The van der Waals surface area contributed by atoms with Crippen LogP contribution in [-0.2, 0) is 7.19 Å². The average molecular weight is 420 g/mol. The highest BCUT2D eigenvalue weighted by atomic mass is 127. The monoisotopic (exact) mass is 420 g/mol. The first-order valence-electron chi connectivity index (χ1n) is 5.59. The Morgan fingerprint density at radius 3 is 2.38 bits per heavy atom. The van der Waals surface area contributed by atoms with Crippen LogP contribution in [0.15, 0.2) is 48.5 Å². The largest absolute Gasteiger partial charge is 0.455 e. The molecule has 0 aliphatic rings. The molecule has 2 aromatic rings. The second kappa shape index (κ2) is 6.26. The van der Waals surface area contributed by atoms with E-state index < -0.39 is 12.1 Å². The van der Waals surface area contributed by atoms with Crippen LogP contribution in [0.25, 0.3) is 0 Å². The molecule has 9 heteroatoms. The number of rotatable bonds is 5. The minimum Gasteiger partial charge on any atom is -0.455 e. The van der Waals surface area contributed by atoms with Crippen molar-refractivity contribution in [2.45, 2.75) is 0 Å². The van der Waals surface area contributed by atoms with Gasteiger partial charge in [0.15, 0.2) is 5.75 Å². The zero-order valence-corrected chi connectivity index (χ0v) is 13.4. The van der Waals surface area contributed by atoms with Gasteiger partial charge in [-0.25, -0.2) is 0 Å². The molecule has 110 valence electrons. The molecule has 0 saturated heterocycles. The summed E-state index contributed by atoms with van der Waals surface area (Å²) in [6.07, 6.45) is 0. The molecule has 0 radical (unpaired) electrons. The summed E-state index contributed by atoms with van der Waals surface area (Å²) in [4.78, 5) is 10.2. The molecular formula is C12H9IN2O5S. The van der Waals surface area contributed by atoms with Gasteiger partial charge >= 0.3 is 0 Å². The number of hydrogen-bond acceptors (Lipinski definition) is 5. The molecule has 0 saturated carbocycles. The van der Waals surface area contributed by atoms with Gasteiger partial charge in [-0.3, -0.25) is 14.8 Å². The molecule has 0 spiro atoms. The number of ether oxygens (including phenoxy) is 1. The second-order valence-corrected chi connectivity index (χ2v) is 8.45. The fourth-order valence-electron chi connectivity index (χ4n) is 1.54. The zero-order valence-electron chi connectivity index (χ0n) is 10.4. The van der Waals surface area contributed by atoms with E-state index in [9.17, 15) is 18.5 Å². The van der Waals surface area contributed by atoms with Crippen molar-refractivity contribution >= 4 is 39.8 Å². The third kappa shape index (κ3) is 4.56. The van der Waals surface area contributed by atoms with E-state index in [1.807, 2.05) is 0 Å². The Labute approximate surface area is 132 Å². The van der Waals surface area contributed by atoms with E-state index in [1.165, 1.54) is 33.3 Å². The summed E-state index contributed by atoms with van der Waals surface area (Å²) in [6.45, 7) is 0. The molecule has 0 bridgehead atoms. The van der Waals surface area contributed by atoms with Gasteiger partial charge in [-0.1, -0.05) is 18.2 Å². The van der Waals surface area contributed by atoms with Crippen LogP contribution in [0.4, 0.5) is 11.4 Å². The van der Waals surface area contributed by atoms with E-state index in [0.717, 1.165) is 6.07 Å². The van der Waals surface area contributed by atoms with E-state index in [4.69, 9.17) is 4.74 Å². The third-order valence-corrected chi connectivity index (χ3v) is 3.50. The zero-order chi connectivity index (χ0) is 15.5. The van der Waals surface area contributed by atoms with Gasteiger partial charge < -0.3 is 4.74 Å². The highest BCUT2D eigenvalue weighted by molar-refractivity contribution is 14.2. The molecule has 0 aliphatic carbocycles. The summed E-state index contributed by atoms with van der Waals surface area (Å²) in [5, 5.41) is 10.8. The Morgan fingerprint density at radius 1 is 1.14 bits per heavy atom. The predicted molar refractivity (Wildman–Crippen MR) is 86.2 cm³/mol. The topological polar surface area (TPSA) is 98.5 Å². The molecule has 0 aliphatic heterocycles. The van der Waals surface area contributed by atoms with Crippen LogP contribution in [0.5, 0.6) is 11.5 Å². The van der Waals surface area contributed by atoms with Crippen molar-refractivity contribution in [2.75, 3.05) is 4.72 Å². The van der Waals surface area contributed by atoms with Gasteiger partial charge in [0.25, 0.3) is 12.9 Å². The van der Waals surface area contributed by atoms with Crippen molar-refractivity contribution in [3.63, 3.8) is 0 Å². The van der Waals surface area contributed by atoms with Crippen LogP contribution in [0, 0.1) is 10.1 Å². The Hall–Kier alpha value is -1.88. The fraction of sp³-hybridized carbons (Fsp3) is 0. The lowest BCUT2D eigenvalue weighted by molar-refractivity contribution is -0.384. The molecule has 0 unspecified atom stereocenters. The number of nitro groups is 1. The fourth-order valence-corrected chi connectivity index (χ4v) is 2.68. The van der Waals surface area contributed by atoms with Gasteiger partial charge in [0, 0.05) is 6.07 Å². The Kier molecular flexibility index (Phi) is 4.63. The molecule has 7 nitrogen and oxygen atoms in total. The number of para-hydroxylation sites is 1. The summed E-state index contributed by atoms with van der Waals surface area (Å²) >= 11 is 1.22. The second-order valence-electron chi connectivity index (χ2n) is 3.89. The molecule has 2 rings (SSSR count). The summed E-state index contributed by atoms with van der Waals surface area (Å²) in [7, 11) is -3.55. The summed E-state index contributed by atoms with van der Waals surface area (Å²) in [6, 6.07) is 12.2. The first-order chi connectivity index (χ1) is 9.85.